The first-order valence-electron chi connectivity index (χ1n) is 6.78. The largest absolute Gasteiger partial charge is 0.308 e. The molecule has 0 aliphatic heterocycles. The number of hydrogen-bond acceptors (Lipinski definition) is 4. The Labute approximate surface area is 145 Å². The van der Waals surface area contributed by atoms with Gasteiger partial charge in [0.05, 0.1) is 17.0 Å². The molecule has 6 heteroatoms. The molecule has 0 amide bonds. The Bertz CT molecular complexity index is 987. The lowest BCUT2D eigenvalue weighted by atomic mass is 9.98. The van der Waals surface area contributed by atoms with Gasteiger partial charge in [-0.2, -0.15) is 5.26 Å². The maximum atomic E-state index is 12.5. The van der Waals surface area contributed by atoms with Crippen LogP contribution in [-0.4, -0.2) is 15.8 Å². The standard InChI is InChI=1S/C17H10IN3O2/c18-11-7-5-10(6-8-11)15(22)13(9-19)16-20-14-4-2-1-3-12(14)17(23)21-16/h1-8,13H,(H,20,21,23). The zero-order valence-electron chi connectivity index (χ0n) is 11.8. The second-order valence-corrected chi connectivity index (χ2v) is 6.15. The molecule has 0 aliphatic rings. The lowest BCUT2D eigenvalue weighted by molar-refractivity contribution is 0.0976. The van der Waals surface area contributed by atoms with Crippen molar-refractivity contribution in [3.63, 3.8) is 0 Å². The Morgan fingerprint density at radius 3 is 2.57 bits per heavy atom. The number of nitrogens with one attached hydrogen (secondary N) is 1. The molecule has 0 saturated heterocycles. The van der Waals surface area contributed by atoms with E-state index in [1.807, 2.05) is 6.07 Å². The van der Waals surface area contributed by atoms with E-state index in [9.17, 15) is 14.9 Å². The summed E-state index contributed by atoms with van der Waals surface area (Å²) < 4.78 is 0.991. The van der Waals surface area contributed by atoms with E-state index in [1.54, 1.807) is 48.5 Å². The van der Waals surface area contributed by atoms with E-state index < -0.39 is 5.92 Å². The molecule has 0 bridgehead atoms. The molecular formula is C17H10IN3O2. The maximum absolute atomic E-state index is 12.5. The summed E-state index contributed by atoms with van der Waals surface area (Å²) in [4.78, 5) is 31.5. The van der Waals surface area contributed by atoms with E-state index >= 15 is 0 Å². The fourth-order valence-electron chi connectivity index (χ4n) is 2.27. The van der Waals surface area contributed by atoms with Gasteiger partial charge in [-0.05, 0) is 46.9 Å². The minimum absolute atomic E-state index is 0.0692. The molecule has 0 spiro atoms. The highest BCUT2D eigenvalue weighted by molar-refractivity contribution is 14.1. The van der Waals surface area contributed by atoms with Crippen LogP contribution in [0.5, 0.6) is 0 Å². The van der Waals surface area contributed by atoms with Gasteiger partial charge in [-0.15, -0.1) is 0 Å². The van der Waals surface area contributed by atoms with Crippen molar-refractivity contribution in [3.8, 4) is 6.07 Å². The second kappa shape index (κ2) is 6.30. The van der Waals surface area contributed by atoms with Crippen LogP contribution in [0.25, 0.3) is 10.9 Å². The fourth-order valence-corrected chi connectivity index (χ4v) is 2.63. The van der Waals surface area contributed by atoms with Gasteiger partial charge in [-0.1, -0.05) is 24.3 Å². The summed E-state index contributed by atoms with van der Waals surface area (Å²) in [5, 5.41) is 9.82. The van der Waals surface area contributed by atoms with Gasteiger partial charge in [0.25, 0.3) is 5.56 Å². The number of hydrogen-bond donors (Lipinski definition) is 1. The van der Waals surface area contributed by atoms with Crippen LogP contribution in [0.1, 0.15) is 22.1 Å². The molecule has 3 rings (SSSR count). The third kappa shape index (κ3) is 3.00. The van der Waals surface area contributed by atoms with Crippen molar-refractivity contribution in [2.45, 2.75) is 5.92 Å². The van der Waals surface area contributed by atoms with Crippen LogP contribution in [0.3, 0.4) is 0 Å². The quantitative estimate of drug-likeness (QED) is 0.527. The fraction of sp³-hybridized carbons (Fsp3) is 0.0588. The van der Waals surface area contributed by atoms with Crippen molar-refractivity contribution in [1.82, 2.24) is 9.97 Å². The topological polar surface area (TPSA) is 86.6 Å². The smallest absolute Gasteiger partial charge is 0.258 e. The lowest BCUT2D eigenvalue weighted by Gasteiger charge is -2.09. The first-order valence-corrected chi connectivity index (χ1v) is 7.86. The summed E-state index contributed by atoms with van der Waals surface area (Å²) >= 11 is 2.14. The molecule has 3 aromatic rings. The molecule has 112 valence electrons. The van der Waals surface area contributed by atoms with Gasteiger partial charge in [0.2, 0.25) is 0 Å². The second-order valence-electron chi connectivity index (χ2n) is 4.90. The van der Waals surface area contributed by atoms with Gasteiger partial charge < -0.3 is 4.98 Å². The summed E-state index contributed by atoms with van der Waals surface area (Å²) in [6.07, 6.45) is 0. The average Bonchev–Trinajstić information content (AvgIpc) is 2.56. The predicted molar refractivity (Wildman–Crippen MR) is 94.2 cm³/mol. The zero-order chi connectivity index (χ0) is 16.4. The third-order valence-corrected chi connectivity index (χ3v) is 4.14. The van der Waals surface area contributed by atoms with E-state index in [1.165, 1.54) is 0 Å². The number of nitriles is 1. The van der Waals surface area contributed by atoms with Crippen molar-refractivity contribution in [2.75, 3.05) is 0 Å². The molecule has 5 nitrogen and oxygen atoms in total. The van der Waals surface area contributed by atoms with Gasteiger partial charge in [0.15, 0.2) is 11.7 Å². The van der Waals surface area contributed by atoms with Gasteiger partial charge >= 0.3 is 0 Å². The summed E-state index contributed by atoms with van der Waals surface area (Å²) in [7, 11) is 0. The molecule has 1 aromatic heterocycles. The highest BCUT2D eigenvalue weighted by atomic mass is 127. The number of benzene rings is 2. The van der Waals surface area contributed by atoms with E-state index in [-0.39, 0.29) is 17.2 Å². The molecule has 0 radical (unpaired) electrons. The van der Waals surface area contributed by atoms with Crippen LogP contribution >= 0.6 is 22.6 Å². The Hall–Kier alpha value is -2.53. The van der Waals surface area contributed by atoms with Crippen LogP contribution in [0, 0.1) is 14.9 Å². The van der Waals surface area contributed by atoms with Crippen molar-refractivity contribution in [2.24, 2.45) is 0 Å². The molecule has 0 aliphatic carbocycles. The number of para-hydroxylation sites is 1. The molecule has 0 fully saturated rings. The number of halogens is 1. The van der Waals surface area contributed by atoms with Crippen LogP contribution in [0.15, 0.2) is 53.3 Å². The number of carbonyl (C=O) groups excluding carboxylic acids is 1. The van der Waals surface area contributed by atoms with Gasteiger partial charge in [0.1, 0.15) is 5.82 Å². The van der Waals surface area contributed by atoms with E-state index in [0.29, 0.717) is 16.5 Å². The molecule has 0 saturated carbocycles. The van der Waals surface area contributed by atoms with Crippen molar-refractivity contribution in [1.29, 1.82) is 5.26 Å². The van der Waals surface area contributed by atoms with Crippen LogP contribution in [0.4, 0.5) is 0 Å². The molecule has 1 unspecified atom stereocenters. The summed E-state index contributed by atoms with van der Waals surface area (Å²) in [6.45, 7) is 0. The number of aromatic amines is 1. The first-order chi connectivity index (χ1) is 11.1. The molecule has 23 heavy (non-hydrogen) atoms. The molecule has 1 atom stereocenters. The average molecular weight is 415 g/mol. The Morgan fingerprint density at radius 2 is 1.87 bits per heavy atom. The molecule has 1 heterocycles. The Kier molecular flexibility index (Phi) is 4.21. The van der Waals surface area contributed by atoms with Crippen molar-refractivity contribution >= 4 is 39.3 Å². The number of rotatable bonds is 3. The number of Topliss-reactive ketones (excluding diaryl/α,β-unsaturated/α-hetero) is 1. The molecule has 2 aromatic carbocycles. The Balaban J connectivity index is 2.08. The van der Waals surface area contributed by atoms with Crippen molar-refractivity contribution < 1.29 is 4.79 Å². The highest BCUT2D eigenvalue weighted by Crippen LogP contribution is 2.19. The molecule has 1 N–H and O–H groups in total. The third-order valence-electron chi connectivity index (χ3n) is 3.42. The summed E-state index contributed by atoms with van der Waals surface area (Å²) in [6, 6.07) is 15.6. The number of H-pyrrole nitrogens is 1. The summed E-state index contributed by atoms with van der Waals surface area (Å²) in [5.74, 6) is -1.46. The minimum Gasteiger partial charge on any atom is -0.308 e. The number of aromatic nitrogens is 2. The summed E-state index contributed by atoms with van der Waals surface area (Å²) in [5.41, 5.74) is 0.510. The SMILES string of the molecule is N#CC(C(=O)c1ccc(I)cc1)c1nc2ccccc2c(=O)[nH]1. The maximum Gasteiger partial charge on any atom is 0.258 e. The highest BCUT2D eigenvalue weighted by Gasteiger charge is 2.24. The minimum atomic E-state index is -1.15. The number of ketones is 1. The first kappa shape index (κ1) is 15.4. The van der Waals surface area contributed by atoms with E-state index in [0.717, 1.165) is 3.57 Å². The van der Waals surface area contributed by atoms with Gasteiger partial charge in [-0.25, -0.2) is 4.98 Å². The van der Waals surface area contributed by atoms with Gasteiger partial charge in [0, 0.05) is 9.13 Å². The monoisotopic (exact) mass is 415 g/mol. The van der Waals surface area contributed by atoms with E-state index in [4.69, 9.17) is 0 Å². The van der Waals surface area contributed by atoms with Crippen LogP contribution in [-0.2, 0) is 0 Å². The van der Waals surface area contributed by atoms with Crippen LogP contribution < -0.4 is 5.56 Å². The van der Waals surface area contributed by atoms with E-state index in [2.05, 4.69) is 32.6 Å². The van der Waals surface area contributed by atoms with Crippen molar-refractivity contribution in [3.05, 3.63) is 73.8 Å². The number of nitrogens with zero attached hydrogens (tertiary/aromatic N) is 2. The Morgan fingerprint density at radius 1 is 1.17 bits per heavy atom. The predicted octanol–water partition coefficient (Wildman–Crippen LogP) is 3.02. The number of fused-ring (bicyclic) bond motifs is 1. The van der Waals surface area contributed by atoms with Gasteiger partial charge in [-0.3, -0.25) is 9.59 Å². The molecular weight excluding hydrogens is 405 g/mol. The normalized spacial score (nSPS) is 11.8. The van der Waals surface area contributed by atoms with Crippen LogP contribution in [0.2, 0.25) is 0 Å². The lowest BCUT2D eigenvalue weighted by Crippen LogP contribution is -2.19. The number of carbonyl (C=O) groups is 1. The zero-order valence-corrected chi connectivity index (χ0v) is 13.9.